The Morgan fingerprint density at radius 3 is 3.00 bits per heavy atom. The van der Waals surface area contributed by atoms with Crippen LogP contribution in [-0.2, 0) is 16.6 Å². The third-order valence-electron chi connectivity index (χ3n) is 4.32. The Labute approximate surface area is 119 Å². The van der Waals surface area contributed by atoms with Crippen LogP contribution in [0.1, 0.15) is 25.0 Å². The van der Waals surface area contributed by atoms with E-state index in [-0.39, 0.29) is 5.09 Å². The first-order chi connectivity index (χ1) is 9.60. The van der Waals surface area contributed by atoms with E-state index in [4.69, 9.17) is 4.42 Å². The van der Waals surface area contributed by atoms with Crippen molar-refractivity contribution in [3.05, 3.63) is 17.9 Å². The van der Waals surface area contributed by atoms with Gasteiger partial charge in [0.05, 0.1) is 6.54 Å². The maximum atomic E-state index is 11.6. The summed E-state index contributed by atoms with van der Waals surface area (Å²) < 4.78 is 30.8. The van der Waals surface area contributed by atoms with Crippen LogP contribution in [0.2, 0.25) is 0 Å². The summed E-state index contributed by atoms with van der Waals surface area (Å²) in [5.41, 5.74) is 0. The van der Waals surface area contributed by atoms with Crippen molar-refractivity contribution in [1.82, 2.24) is 14.9 Å². The van der Waals surface area contributed by atoms with Gasteiger partial charge in [0.2, 0.25) is 5.09 Å². The van der Waals surface area contributed by atoms with Crippen molar-refractivity contribution in [3.63, 3.8) is 0 Å². The summed E-state index contributed by atoms with van der Waals surface area (Å²) in [5.74, 6) is 0.662. The lowest BCUT2D eigenvalue weighted by Crippen LogP contribution is -2.38. The standard InChI is InChI=1S/C13H21N3O3S/c1-14-20(17,18)13-5-4-10(19-13)9-15-11-6-8-16-7-2-3-12(11)16/h4-5,11-12,14-15H,2-3,6-9H2,1H3. The molecule has 2 atom stereocenters. The molecule has 2 aliphatic heterocycles. The Balaban J connectivity index is 1.59. The summed E-state index contributed by atoms with van der Waals surface area (Å²) in [5, 5.41) is 3.48. The van der Waals surface area contributed by atoms with E-state index in [1.807, 2.05) is 0 Å². The van der Waals surface area contributed by atoms with Crippen LogP contribution in [0.4, 0.5) is 0 Å². The Hall–Kier alpha value is -0.890. The minimum absolute atomic E-state index is 0.0225. The number of nitrogens with one attached hydrogen (secondary N) is 2. The Kier molecular flexibility index (Phi) is 3.85. The van der Waals surface area contributed by atoms with Gasteiger partial charge in [-0.05, 0) is 45.0 Å². The minimum Gasteiger partial charge on any atom is -0.447 e. The zero-order valence-electron chi connectivity index (χ0n) is 11.6. The van der Waals surface area contributed by atoms with Gasteiger partial charge >= 0.3 is 0 Å². The van der Waals surface area contributed by atoms with Crippen molar-refractivity contribution >= 4 is 10.0 Å². The molecule has 0 aromatic carbocycles. The summed E-state index contributed by atoms with van der Waals surface area (Å²) in [6.45, 7) is 2.96. The van der Waals surface area contributed by atoms with Gasteiger partial charge in [-0.3, -0.25) is 4.90 Å². The van der Waals surface area contributed by atoms with Gasteiger partial charge in [0, 0.05) is 18.6 Å². The van der Waals surface area contributed by atoms with Crippen molar-refractivity contribution in [2.24, 2.45) is 0 Å². The first-order valence-electron chi connectivity index (χ1n) is 7.10. The monoisotopic (exact) mass is 299 g/mol. The fraction of sp³-hybridized carbons (Fsp3) is 0.692. The summed E-state index contributed by atoms with van der Waals surface area (Å²) in [4.78, 5) is 2.54. The van der Waals surface area contributed by atoms with Crippen LogP contribution in [0.3, 0.4) is 0 Å². The molecule has 2 unspecified atom stereocenters. The maximum absolute atomic E-state index is 11.6. The van der Waals surface area contributed by atoms with Crippen LogP contribution in [0, 0.1) is 0 Å². The van der Waals surface area contributed by atoms with E-state index < -0.39 is 10.0 Å². The molecule has 0 spiro atoms. The van der Waals surface area contributed by atoms with E-state index in [9.17, 15) is 8.42 Å². The second-order valence-corrected chi connectivity index (χ2v) is 7.27. The molecule has 0 radical (unpaired) electrons. The van der Waals surface area contributed by atoms with Gasteiger partial charge in [-0.1, -0.05) is 0 Å². The number of rotatable bonds is 5. The molecule has 6 nitrogen and oxygen atoms in total. The number of fused-ring (bicyclic) bond motifs is 1. The smallest absolute Gasteiger partial charge is 0.273 e. The molecule has 20 heavy (non-hydrogen) atoms. The summed E-state index contributed by atoms with van der Waals surface area (Å²) in [6, 6.07) is 4.36. The fourth-order valence-electron chi connectivity index (χ4n) is 3.25. The van der Waals surface area contributed by atoms with E-state index in [1.165, 1.54) is 39.0 Å². The van der Waals surface area contributed by atoms with Crippen LogP contribution in [0.15, 0.2) is 21.6 Å². The summed E-state index contributed by atoms with van der Waals surface area (Å²) >= 11 is 0. The minimum atomic E-state index is -3.48. The van der Waals surface area contributed by atoms with Crippen molar-refractivity contribution < 1.29 is 12.8 Å². The average molecular weight is 299 g/mol. The molecule has 1 aromatic heterocycles. The Morgan fingerprint density at radius 2 is 2.20 bits per heavy atom. The highest BCUT2D eigenvalue weighted by Crippen LogP contribution is 2.28. The number of hydrogen-bond donors (Lipinski definition) is 2. The topological polar surface area (TPSA) is 74.6 Å². The zero-order chi connectivity index (χ0) is 14.2. The largest absolute Gasteiger partial charge is 0.447 e. The predicted molar refractivity (Wildman–Crippen MR) is 74.8 cm³/mol. The van der Waals surface area contributed by atoms with Crippen LogP contribution in [0.25, 0.3) is 0 Å². The summed E-state index contributed by atoms with van der Waals surface area (Å²) in [7, 11) is -2.10. The van der Waals surface area contributed by atoms with Gasteiger partial charge in [0.1, 0.15) is 5.76 Å². The first kappa shape index (κ1) is 14.1. The Morgan fingerprint density at radius 1 is 1.35 bits per heavy atom. The number of hydrogen-bond acceptors (Lipinski definition) is 5. The second-order valence-electron chi connectivity index (χ2n) is 5.45. The van der Waals surface area contributed by atoms with Gasteiger partial charge in [-0.25, -0.2) is 13.1 Å². The van der Waals surface area contributed by atoms with E-state index in [0.717, 1.165) is 6.42 Å². The van der Waals surface area contributed by atoms with E-state index in [1.54, 1.807) is 6.07 Å². The SMILES string of the molecule is CNS(=O)(=O)c1ccc(CNC2CCN3CCCC23)o1. The molecule has 0 bridgehead atoms. The predicted octanol–water partition coefficient (Wildman–Crippen LogP) is 0.514. The average Bonchev–Trinajstić information content (AvgIpc) is 3.13. The molecule has 112 valence electrons. The molecule has 1 aromatic rings. The molecule has 3 rings (SSSR count). The normalized spacial score (nSPS) is 27.1. The number of sulfonamides is 1. The third kappa shape index (κ3) is 2.63. The second kappa shape index (κ2) is 5.48. The van der Waals surface area contributed by atoms with Gasteiger partial charge in [-0.15, -0.1) is 0 Å². The van der Waals surface area contributed by atoms with Crippen molar-refractivity contribution in [1.29, 1.82) is 0 Å². The maximum Gasteiger partial charge on any atom is 0.273 e. The molecule has 2 N–H and O–H groups in total. The summed E-state index contributed by atoms with van der Waals surface area (Å²) in [6.07, 6.45) is 3.70. The molecule has 3 heterocycles. The quantitative estimate of drug-likeness (QED) is 0.829. The van der Waals surface area contributed by atoms with E-state index in [0.29, 0.717) is 24.4 Å². The lowest BCUT2D eigenvalue weighted by molar-refractivity contribution is 0.293. The molecule has 2 aliphatic rings. The highest BCUT2D eigenvalue weighted by atomic mass is 32.2. The zero-order valence-corrected chi connectivity index (χ0v) is 12.4. The lowest BCUT2D eigenvalue weighted by atomic mass is 10.1. The molecule has 7 heteroatoms. The van der Waals surface area contributed by atoms with Crippen molar-refractivity contribution in [2.45, 2.75) is 43.0 Å². The fourth-order valence-corrected chi connectivity index (χ4v) is 3.92. The highest BCUT2D eigenvalue weighted by Gasteiger charge is 2.36. The molecule has 2 saturated heterocycles. The molecule has 2 fully saturated rings. The number of furan rings is 1. The van der Waals surface area contributed by atoms with Crippen LogP contribution < -0.4 is 10.0 Å². The lowest BCUT2D eigenvalue weighted by Gasteiger charge is -2.20. The van der Waals surface area contributed by atoms with Gasteiger partial charge in [0.25, 0.3) is 10.0 Å². The van der Waals surface area contributed by atoms with Crippen molar-refractivity contribution in [3.8, 4) is 0 Å². The molecule has 0 aliphatic carbocycles. The first-order valence-corrected chi connectivity index (χ1v) is 8.58. The van der Waals surface area contributed by atoms with Crippen LogP contribution >= 0.6 is 0 Å². The van der Waals surface area contributed by atoms with Gasteiger partial charge in [-0.2, -0.15) is 0 Å². The van der Waals surface area contributed by atoms with Gasteiger partial charge in [0.15, 0.2) is 0 Å². The third-order valence-corrected chi connectivity index (χ3v) is 5.60. The molecular formula is C13H21N3O3S. The highest BCUT2D eigenvalue weighted by molar-refractivity contribution is 7.89. The molecule has 0 saturated carbocycles. The Bertz CT molecular complexity index is 569. The molecular weight excluding hydrogens is 278 g/mol. The van der Waals surface area contributed by atoms with Crippen LogP contribution in [-0.4, -0.2) is 45.5 Å². The number of nitrogens with zero attached hydrogens (tertiary/aromatic N) is 1. The van der Waals surface area contributed by atoms with Crippen molar-refractivity contribution in [2.75, 3.05) is 20.1 Å². The van der Waals surface area contributed by atoms with Crippen LogP contribution in [0.5, 0.6) is 0 Å². The molecule has 0 amide bonds. The van der Waals surface area contributed by atoms with Gasteiger partial charge < -0.3 is 9.73 Å². The van der Waals surface area contributed by atoms with E-state index in [2.05, 4.69) is 14.9 Å². The van der Waals surface area contributed by atoms with E-state index >= 15 is 0 Å².